The maximum absolute atomic E-state index is 4.56. The zero-order valence-electron chi connectivity index (χ0n) is 7.31. The molecule has 1 fully saturated rings. The van der Waals surface area contributed by atoms with Crippen molar-refractivity contribution >= 4 is 23.3 Å². The topological polar surface area (TPSA) is 30.2 Å². The molecule has 0 aliphatic heterocycles. The quantitative estimate of drug-likeness (QED) is 0.534. The summed E-state index contributed by atoms with van der Waals surface area (Å²) >= 11 is 4.56. The molecular formula is C9H11N3S. The van der Waals surface area contributed by atoms with Gasteiger partial charge in [-0.3, -0.25) is 0 Å². The van der Waals surface area contributed by atoms with Gasteiger partial charge in [0.2, 0.25) is 5.95 Å². The van der Waals surface area contributed by atoms with Crippen LogP contribution in [0.15, 0.2) is 17.4 Å². The van der Waals surface area contributed by atoms with Gasteiger partial charge in [-0.1, -0.05) is 12.8 Å². The van der Waals surface area contributed by atoms with Gasteiger partial charge < -0.3 is 4.57 Å². The maximum atomic E-state index is 4.56. The summed E-state index contributed by atoms with van der Waals surface area (Å²) in [4.78, 5) is 8.05. The minimum Gasteiger partial charge on any atom is -0.312 e. The molecule has 0 unspecified atom stereocenters. The molecule has 0 spiro atoms. The third-order valence-corrected chi connectivity index (χ3v) is 2.60. The number of aliphatic imine (C=N–C) groups is 1. The Bertz CT molecular complexity index is 332. The monoisotopic (exact) mass is 193 g/mol. The highest BCUT2D eigenvalue weighted by molar-refractivity contribution is 7.78. The largest absolute Gasteiger partial charge is 0.312 e. The molecule has 1 saturated carbocycles. The molecule has 0 bridgehead atoms. The van der Waals surface area contributed by atoms with E-state index in [2.05, 4.69) is 31.9 Å². The lowest BCUT2D eigenvalue weighted by Gasteiger charge is -2.11. The third-order valence-electron chi connectivity index (χ3n) is 2.51. The summed E-state index contributed by atoms with van der Waals surface area (Å²) in [5.74, 6) is 0.696. The van der Waals surface area contributed by atoms with Gasteiger partial charge in [-0.05, 0) is 25.1 Å². The summed E-state index contributed by atoms with van der Waals surface area (Å²) in [6, 6.07) is 0.574. The SMILES string of the molecule is S=C=Nc1nccn1C1CCCC1. The van der Waals surface area contributed by atoms with Crippen molar-refractivity contribution in [2.75, 3.05) is 0 Å². The number of imidazole rings is 1. The average Bonchev–Trinajstić information content (AvgIpc) is 2.71. The second-order valence-corrected chi connectivity index (χ2v) is 3.46. The number of aromatic nitrogens is 2. The number of thiocarbonyl (C=S) groups is 1. The molecule has 2 rings (SSSR count). The van der Waals surface area contributed by atoms with Crippen molar-refractivity contribution in [1.82, 2.24) is 9.55 Å². The average molecular weight is 193 g/mol. The van der Waals surface area contributed by atoms with E-state index < -0.39 is 0 Å². The van der Waals surface area contributed by atoms with Crippen LogP contribution in [0.25, 0.3) is 0 Å². The van der Waals surface area contributed by atoms with Gasteiger partial charge in [0.1, 0.15) is 0 Å². The van der Waals surface area contributed by atoms with Crippen molar-refractivity contribution in [2.45, 2.75) is 31.7 Å². The number of isothiocyanates is 1. The molecule has 4 heteroatoms. The van der Waals surface area contributed by atoms with E-state index in [-0.39, 0.29) is 0 Å². The van der Waals surface area contributed by atoms with E-state index in [0.29, 0.717) is 12.0 Å². The highest BCUT2D eigenvalue weighted by Gasteiger charge is 2.18. The smallest absolute Gasteiger partial charge is 0.238 e. The van der Waals surface area contributed by atoms with E-state index in [1.54, 1.807) is 6.20 Å². The molecule has 1 heterocycles. The third kappa shape index (κ3) is 1.69. The van der Waals surface area contributed by atoms with Crippen molar-refractivity contribution in [2.24, 2.45) is 4.99 Å². The van der Waals surface area contributed by atoms with Gasteiger partial charge in [0.05, 0.1) is 5.16 Å². The Balaban J connectivity index is 2.27. The first kappa shape index (κ1) is 8.60. The lowest BCUT2D eigenvalue weighted by Crippen LogP contribution is -2.02. The van der Waals surface area contributed by atoms with Gasteiger partial charge in [-0.2, -0.15) is 4.99 Å². The Labute approximate surface area is 82.5 Å². The van der Waals surface area contributed by atoms with Crippen LogP contribution < -0.4 is 0 Å². The normalized spacial score (nSPS) is 17.2. The zero-order valence-corrected chi connectivity index (χ0v) is 8.13. The van der Waals surface area contributed by atoms with Gasteiger partial charge in [-0.15, -0.1) is 0 Å². The predicted octanol–water partition coefficient (Wildman–Crippen LogP) is 2.73. The first-order valence-corrected chi connectivity index (χ1v) is 4.93. The summed E-state index contributed by atoms with van der Waals surface area (Å²) in [6.07, 6.45) is 8.82. The summed E-state index contributed by atoms with van der Waals surface area (Å²) in [6.45, 7) is 0. The first-order valence-electron chi connectivity index (χ1n) is 4.52. The number of nitrogens with zero attached hydrogens (tertiary/aromatic N) is 3. The van der Waals surface area contributed by atoms with Crippen LogP contribution in [0.5, 0.6) is 0 Å². The fraction of sp³-hybridized carbons (Fsp3) is 0.556. The molecule has 0 radical (unpaired) electrons. The standard InChI is InChI=1S/C9H11N3S/c13-7-11-9-10-5-6-12(9)8-3-1-2-4-8/h5-6,8H,1-4H2. The predicted molar refractivity (Wildman–Crippen MR) is 54.4 cm³/mol. The molecule has 3 nitrogen and oxygen atoms in total. The van der Waals surface area contributed by atoms with Crippen LogP contribution >= 0.6 is 12.2 Å². The Morgan fingerprint density at radius 2 is 2.31 bits per heavy atom. The fourth-order valence-corrected chi connectivity index (χ4v) is 1.98. The molecule has 1 aliphatic carbocycles. The van der Waals surface area contributed by atoms with E-state index in [1.807, 2.05) is 6.20 Å². The van der Waals surface area contributed by atoms with Gasteiger partial charge in [-0.25, -0.2) is 4.98 Å². The van der Waals surface area contributed by atoms with E-state index in [0.717, 1.165) is 0 Å². The fourth-order valence-electron chi connectivity index (χ4n) is 1.90. The van der Waals surface area contributed by atoms with E-state index in [4.69, 9.17) is 0 Å². The van der Waals surface area contributed by atoms with Crippen molar-refractivity contribution in [1.29, 1.82) is 0 Å². The molecule has 0 amide bonds. The van der Waals surface area contributed by atoms with Gasteiger partial charge >= 0.3 is 0 Å². The molecule has 0 N–H and O–H groups in total. The van der Waals surface area contributed by atoms with Crippen molar-refractivity contribution in [3.8, 4) is 0 Å². The van der Waals surface area contributed by atoms with Crippen LogP contribution in [-0.4, -0.2) is 14.7 Å². The Morgan fingerprint density at radius 3 is 3.00 bits per heavy atom. The Morgan fingerprint density at radius 1 is 1.54 bits per heavy atom. The van der Waals surface area contributed by atoms with Gasteiger partial charge in [0.15, 0.2) is 0 Å². The van der Waals surface area contributed by atoms with E-state index in [1.165, 1.54) is 25.7 Å². The van der Waals surface area contributed by atoms with Crippen molar-refractivity contribution in [3.63, 3.8) is 0 Å². The molecule has 13 heavy (non-hydrogen) atoms. The summed E-state index contributed by atoms with van der Waals surface area (Å²) < 4.78 is 2.10. The molecule has 0 aromatic carbocycles. The number of hydrogen-bond donors (Lipinski definition) is 0. The lowest BCUT2D eigenvalue weighted by molar-refractivity contribution is 0.522. The summed E-state index contributed by atoms with van der Waals surface area (Å²) in [5, 5.41) is 2.36. The first-order chi connectivity index (χ1) is 6.42. The molecular weight excluding hydrogens is 182 g/mol. The van der Waals surface area contributed by atoms with Crippen LogP contribution in [0.2, 0.25) is 0 Å². The minimum absolute atomic E-state index is 0.574. The Kier molecular flexibility index (Phi) is 2.52. The second-order valence-electron chi connectivity index (χ2n) is 3.28. The molecule has 1 aliphatic rings. The minimum atomic E-state index is 0.574. The highest BCUT2D eigenvalue weighted by atomic mass is 32.1. The molecule has 0 saturated heterocycles. The van der Waals surface area contributed by atoms with Crippen LogP contribution in [0, 0.1) is 0 Å². The zero-order chi connectivity index (χ0) is 9.10. The van der Waals surface area contributed by atoms with Crippen molar-refractivity contribution < 1.29 is 0 Å². The Hall–Kier alpha value is -0.990. The van der Waals surface area contributed by atoms with Crippen LogP contribution in [0.4, 0.5) is 5.95 Å². The van der Waals surface area contributed by atoms with E-state index in [9.17, 15) is 0 Å². The van der Waals surface area contributed by atoms with Crippen LogP contribution in [-0.2, 0) is 0 Å². The van der Waals surface area contributed by atoms with Crippen LogP contribution in [0.3, 0.4) is 0 Å². The molecule has 68 valence electrons. The number of hydrogen-bond acceptors (Lipinski definition) is 3. The molecule has 0 atom stereocenters. The van der Waals surface area contributed by atoms with E-state index >= 15 is 0 Å². The maximum Gasteiger partial charge on any atom is 0.238 e. The van der Waals surface area contributed by atoms with Crippen LogP contribution in [0.1, 0.15) is 31.7 Å². The number of rotatable bonds is 2. The lowest BCUT2D eigenvalue weighted by atomic mass is 10.2. The highest BCUT2D eigenvalue weighted by Crippen LogP contribution is 2.31. The summed E-state index contributed by atoms with van der Waals surface area (Å²) in [5.41, 5.74) is 0. The molecule has 1 aromatic rings. The van der Waals surface area contributed by atoms with Gasteiger partial charge in [0, 0.05) is 18.4 Å². The van der Waals surface area contributed by atoms with Gasteiger partial charge in [0.25, 0.3) is 0 Å². The second kappa shape index (κ2) is 3.81. The summed E-state index contributed by atoms with van der Waals surface area (Å²) in [7, 11) is 0. The molecule has 1 aromatic heterocycles. The van der Waals surface area contributed by atoms with Crippen molar-refractivity contribution in [3.05, 3.63) is 12.4 Å².